The van der Waals surface area contributed by atoms with E-state index in [1.54, 1.807) is 6.20 Å². The Morgan fingerprint density at radius 1 is 1.37 bits per heavy atom. The third kappa shape index (κ3) is 3.36. The highest BCUT2D eigenvalue weighted by molar-refractivity contribution is 7.85. The summed E-state index contributed by atoms with van der Waals surface area (Å²) < 4.78 is 35.8. The third-order valence-corrected chi connectivity index (χ3v) is 4.17. The maximum atomic E-state index is 10.7. The van der Waals surface area contributed by atoms with Gasteiger partial charge in [-0.3, -0.25) is 4.55 Å². The number of anilines is 1. The molecule has 0 unspecified atom stereocenters. The van der Waals surface area contributed by atoms with Crippen molar-refractivity contribution < 1.29 is 17.7 Å². The van der Waals surface area contributed by atoms with Crippen LogP contribution < -0.4 is 9.64 Å². The van der Waals surface area contributed by atoms with Gasteiger partial charge in [0, 0.05) is 19.0 Å². The Bertz CT molecular complexity index is 548. The Morgan fingerprint density at radius 2 is 2.11 bits per heavy atom. The van der Waals surface area contributed by atoms with Crippen molar-refractivity contribution in [2.45, 2.75) is 18.9 Å². The molecule has 1 aliphatic heterocycles. The van der Waals surface area contributed by atoms with Gasteiger partial charge in [0.25, 0.3) is 10.1 Å². The van der Waals surface area contributed by atoms with Crippen molar-refractivity contribution in [2.24, 2.45) is 5.92 Å². The van der Waals surface area contributed by atoms with Gasteiger partial charge in [-0.25, -0.2) is 4.98 Å². The minimum absolute atomic E-state index is 0.0146. The Kier molecular flexibility index (Phi) is 3.10. The lowest BCUT2D eigenvalue weighted by Crippen LogP contribution is -2.49. The molecule has 2 aliphatic rings. The second-order valence-corrected chi connectivity index (χ2v) is 6.69. The van der Waals surface area contributed by atoms with Crippen molar-refractivity contribution in [3.63, 3.8) is 0 Å². The van der Waals surface area contributed by atoms with Crippen LogP contribution in [0.25, 0.3) is 0 Å². The van der Waals surface area contributed by atoms with Crippen LogP contribution in [0.4, 0.5) is 5.82 Å². The lowest BCUT2D eigenvalue weighted by atomic mass is 10.0. The van der Waals surface area contributed by atoms with Gasteiger partial charge in [0.2, 0.25) is 0 Å². The molecule has 1 saturated heterocycles. The molecule has 3 rings (SSSR count). The van der Waals surface area contributed by atoms with Crippen molar-refractivity contribution >= 4 is 15.9 Å². The van der Waals surface area contributed by atoms with Gasteiger partial charge in [0.15, 0.2) is 0 Å². The van der Waals surface area contributed by atoms with Gasteiger partial charge in [0.1, 0.15) is 11.6 Å². The molecule has 2 heterocycles. The van der Waals surface area contributed by atoms with E-state index in [1.807, 2.05) is 17.0 Å². The molecular formula is C12H16N2O4S. The van der Waals surface area contributed by atoms with Crippen LogP contribution in [0.2, 0.25) is 0 Å². The van der Waals surface area contributed by atoms with E-state index >= 15 is 0 Å². The largest absolute Gasteiger partial charge is 0.489 e. The fourth-order valence-corrected chi connectivity index (χ4v) is 2.97. The maximum absolute atomic E-state index is 10.7. The molecule has 7 heteroatoms. The van der Waals surface area contributed by atoms with E-state index in [-0.39, 0.29) is 11.7 Å². The normalized spacial score (nSPS) is 20.2. The van der Waals surface area contributed by atoms with Crippen molar-refractivity contribution in [1.82, 2.24) is 4.98 Å². The van der Waals surface area contributed by atoms with Crippen LogP contribution >= 0.6 is 0 Å². The molecule has 19 heavy (non-hydrogen) atoms. The van der Waals surface area contributed by atoms with Crippen molar-refractivity contribution in [3.8, 4) is 5.75 Å². The first kappa shape index (κ1) is 12.7. The molecule has 0 bridgehead atoms. The number of hydrogen-bond acceptors (Lipinski definition) is 5. The summed E-state index contributed by atoms with van der Waals surface area (Å²) in [4.78, 5) is 6.28. The molecule has 6 nitrogen and oxygen atoms in total. The molecule has 1 aromatic heterocycles. The zero-order chi connectivity index (χ0) is 13.5. The van der Waals surface area contributed by atoms with Crippen molar-refractivity contribution in [3.05, 3.63) is 18.3 Å². The summed E-state index contributed by atoms with van der Waals surface area (Å²) in [6.07, 6.45) is 4.29. The SMILES string of the molecule is O=S(=O)(O)CC1CN(c2ccc(OC3CC3)cn2)C1. The quantitative estimate of drug-likeness (QED) is 0.811. The van der Waals surface area contributed by atoms with Gasteiger partial charge in [-0.05, 0) is 25.0 Å². The van der Waals surface area contributed by atoms with Gasteiger partial charge < -0.3 is 9.64 Å². The van der Waals surface area contributed by atoms with Gasteiger partial charge in [-0.2, -0.15) is 8.42 Å². The fraction of sp³-hybridized carbons (Fsp3) is 0.583. The second-order valence-electron chi connectivity index (χ2n) is 5.19. The fourth-order valence-electron chi connectivity index (χ4n) is 2.17. The lowest BCUT2D eigenvalue weighted by Gasteiger charge is -2.39. The van der Waals surface area contributed by atoms with E-state index in [2.05, 4.69) is 4.98 Å². The maximum Gasteiger partial charge on any atom is 0.265 e. The number of ether oxygens (including phenoxy) is 1. The average Bonchev–Trinajstić information content (AvgIpc) is 3.07. The van der Waals surface area contributed by atoms with Crippen LogP contribution in [0, 0.1) is 5.92 Å². The minimum Gasteiger partial charge on any atom is -0.489 e. The molecule has 104 valence electrons. The Hall–Kier alpha value is -1.34. The highest BCUT2D eigenvalue weighted by atomic mass is 32.2. The van der Waals surface area contributed by atoms with Crippen molar-refractivity contribution in [1.29, 1.82) is 0 Å². The van der Waals surface area contributed by atoms with Crippen LogP contribution in [-0.2, 0) is 10.1 Å². The molecular weight excluding hydrogens is 268 g/mol. The summed E-state index contributed by atoms with van der Waals surface area (Å²) in [6.45, 7) is 1.21. The zero-order valence-corrected chi connectivity index (χ0v) is 11.2. The van der Waals surface area contributed by atoms with Crippen LogP contribution in [0.15, 0.2) is 18.3 Å². The molecule has 1 aromatic rings. The first-order chi connectivity index (χ1) is 8.99. The molecule has 0 radical (unpaired) electrons. The molecule has 1 aliphatic carbocycles. The summed E-state index contributed by atoms with van der Waals surface area (Å²) in [5.41, 5.74) is 0. The van der Waals surface area contributed by atoms with E-state index in [9.17, 15) is 8.42 Å². The van der Waals surface area contributed by atoms with E-state index in [4.69, 9.17) is 9.29 Å². The predicted octanol–water partition coefficient (Wildman–Crippen LogP) is 0.947. The van der Waals surface area contributed by atoms with Gasteiger partial charge in [-0.1, -0.05) is 0 Å². The molecule has 2 fully saturated rings. The molecule has 0 spiro atoms. The molecule has 0 aromatic carbocycles. The summed E-state index contributed by atoms with van der Waals surface area (Å²) >= 11 is 0. The van der Waals surface area contributed by atoms with Gasteiger partial charge >= 0.3 is 0 Å². The number of hydrogen-bond donors (Lipinski definition) is 1. The van der Waals surface area contributed by atoms with Crippen LogP contribution in [-0.4, -0.2) is 42.9 Å². The highest BCUT2D eigenvalue weighted by Crippen LogP contribution is 2.28. The van der Waals surface area contributed by atoms with E-state index in [0.717, 1.165) is 24.4 Å². The van der Waals surface area contributed by atoms with Crippen LogP contribution in [0.1, 0.15) is 12.8 Å². The molecule has 1 N–H and O–H groups in total. The Morgan fingerprint density at radius 3 is 2.63 bits per heavy atom. The van der Waals surface area contributed by atoms with Crippen molar-refractivity contribution in [2.75, 3.05) is 23.7 Å². The molecule has 0 amide bonds. The standard InChI is InChI=1S/C12H16N2O4S/c15-19(16,17)8-9-6-14(7-9)12-4-3-11(5-13-12)18-10-1-2-10/h3-5,9-10H,1-2,6-8H2,(H,15,16,17). The number of pyridine rings is 1. The summed E-state index contributed by atoms with van der Waals surface area (Å²) in [6, 6.07) is 3.76. The first-order valence-electron chi connectivity index (χ1n) is 6.32. The monoisotopic (exact) mass is 284 g/mol. The van der Waals surface area contributed by atoms with E-state index < -0.39 is 10.1 Å². The topological polar surface area (TPSA) is 79.7 Å². The second kappa shape index (κ2) is 4.64. The van der Waals surface area contributed by atoms with E-state index in [0.29, 0.717) is 19.2 Å². The Labute approximate surface area is 112 Å². The average molecular weight is 284 g/mol. The number of nitrogens with zero attached hydrogens (tertiary/aromatic N) is 2. The summed E-state index contributed by atoms with van der Waals surface area (Å²) in [5, 5.41) is 0. The number of aromatic nitrogens is 1. The molecule has 1 saturated carbocycles. The predicted molar refractivity (Wildman–Crippen MR) is 70.0 cm³/mol. The zero-order valence-electron chi connectivity index (χ0n) is 10.4. The summed E-state index contributed by atoms with van der Waals surface area (Å²) in [7, 11) is -3.87. The van der Waals surface area contributed by atoms with Crippen LogP contribution in [0.3, 0.4) is 0 Å². The van der Waals surface area contributed by atoms with Crippen LogP contribution in [0.5, 0.6) is 5.75 Å². The number of rotatable bonds is 5. The molecule has 0 atom stereocenters. The smallest absolute Gasteiger partial charge is 0.265 e. The first-order valence-corrected chi connectivity index (χ1v) is 7.93. The van der Waals surface area contributed by atoms with E-state index in [1.165, 1.54) is 0 Å². The summed E-state index contributed by atoms with van der Waals surface area (Å²) in [5.74, 6) is 1.40. The van der Waals surface area contributed by atoms with Gasteiger partial charge in [0.05, 0.1) is 18.1 Å². The highest BCUT2D eigenvalue weighted by Gasteiger charge is 2.31. The lowest BCUT2D eigenvalue weighted by molar-refractivity contribution is 0.302. The minimum atomic E-state index is -3.87. The third-order valence-electron chi connectivity index (χ3n) is 3.28. The van der Waals surface area contributed by atoms with Gasteiger partial charge in [-0.15, -0.1) is 0 Å². The Balaban J connectivity index is 1.53.